The number of nitrogens with two attached hydrogens (primary N) is 1. The average Bonchev–Trinajstić information content (AvgIpc) is 2.44. The second-order valence-corrected chi connectivity index (χ2v) is 4.90. The van der Waals surface area contributed by atoms with Gasteiger partial charge in [0.25, 0.3) is 0 Å². The molecule has 1 aromatic rings. The van der Waals surface area contributed by atoms with Gasteiger partial charge in [-0.25, -0.2) is 0 Å². The van der Waals surface area contributed by atoms with E-state index in [4.69, 9.17) is 5.73 Å². The molecule has 0 aliphatic heterocycles. The second kappa shape index (κ2) is 4.72. The van der Waals surface area contributed by atoms with E-state index in [-0.39, 0.29) is 5.54 Å². The summed E-state index contributed by atoms with van der Waals surface area (Å²) in [7, 11) is 0. The highest BCUT2D eigenvalue weighted by molar-refractivity contribution is 5.38. The van der Waals surface area contributed by atoms with E-state index < -0.39 is 0 Å². The van der Waals surface area contributed by atoms with Crippen LogP contribution in [0.1, 0.15) is 18.1 Å². The molecule has 2 N–H and O–H groups in total. The topological polar surface area (TPSA) is 26.0 Å². The van der Waals surface area contributed by atoms with Crippen molar-refractivity contribution in [3.63, 3.8) is 0 Å². The summed E-state index contributed by atoms with van der Waals surface area (Å²) in [6.07, 6.45) is 11.4. The van der Waals surface area contributed by atoms with Crippen molar-refractivity contribution in [3.05, 3.63) is 71.3 Å². The summed E-state index contributed by atoms with van der Waals surface area (Å²) < 4.78 is 0. The molecule has 1 aliphatic carbocycles. The van der Waals surface area contributed by atoms with Gasteiger partial charge in [0, 0.05) is 0 Å². The minimum Gasteiger partial charge on any atom is -0.319 e. The van der Waals surface area contributed by atoms with E-state index in [9.17, 15) is 0 Å². The summed E-state index contributed by atoms with van der Waals surface area (Å²) in [6.45, 7) is 4.16. The molecule has 17 heavy (non-hydrogen) atoms. The van der Waals surface area contributed by atoms with E-state index in [2.05, 4.69) is 49.4 Å². The zero-order valence-electron chi connectivity index (χ0n) is 10.5. The van der Waals surface area contributed by atoms with Gasteiger partial charge in [0.15, 0.2) is 0 Å². The number of allylic oxidation sites excluding steroid dienone is 4. The van der Waals surface area contributed by atoms with Gasteiger partial charge in [-0.15, -0.1) is 0 Å². The fraction of sp³-hybridized carbons (Fsp3) is 0.250. The number of benzene rings is 1. The molecule has 0 bridgehead atoms. The maximum Gasteiger partial charge on any atom is 0.0502 e. The third kappa shape index (κ3) is 3.18. The number of aryl methyl sites for hydroxylation is 1. The lowest BCUT2D eigenvalue weighted by Crippen LogP contribution is -2.30. The van der Waals surface area contributed by atoms with Gasteiger partial charge in [0.1, 0.15) is 0 Å². The Balaban J connectivity index is 2.19. The van der Waals surface area contributed by atoms with Gasteiger partial charge in [-0.2, -0.15) is 0 Å². The largest absolute Gasteiger partial charge is 0.319 e. The summed E-state index contributed by atoms with van der Waals surface area (Å²) >= 11 is 0. The molecule has 0 aromatic heterocycles. The van der Waals surface area contributed by atoms with Crippen LogP contribution in [0.3, 0.4) is 0 Å². The standard InChI is InChI=1S/C16H19N/c1-13-6-3-4-8-15(13)12-14-7-5-10-16(2,17)11-9-14/h3-11H,12,17H2,1-2H3. The Labute approximate surface area is 103 Å². The molecule has 0 fully saturated rings. The predicted octanol–water partition coefficient (Wildman–Crippen LogP) is 3.31. The molecular formula is C16H19N. The summed E-state index contributed by atoms with van der Waals surface area (Å²) in [6, 6.07) is 8.50. The van der Waals surface area contributed by atoms with Gasteiger partial charge in [0.2, 0.25) is 0 Å². The molecule has 1 heteroatoms. The quantitative estimate of drug-likeness (QED) is 0.821. The Morgan fingerprint density at radius 2 is 1.94 bits per heavy atom. The van der Waals surface area contributed by atoms with Gasteiger partial charge in [0.05, 0.1) is 5.54 Å². The van der Waals surface area contributed by atoms with Gasteiger partial charge in [-0.1, -0.05) is 54.6 Å². The van der Waals surface area contributed by atoms with Gasteiger partial charge in [-0.05, 0) is 37.0 Å². The third-order valence-corrected chi connectivity index (χ3v) is 3.08. The smallest absolute Gasteiger partial charge is 0.0502 e. The van der Waals surface area contributed by atoms with Gasteiger partial charge >= 0.3 is 0 Å². The molecule has 1 unspecified atom stereocenters. The highest BCUT2D eigenvalue weighted by atomic mass is 14.7. The van der Waals surface area contributed by atoms with Crippen molar-refractivity contribution in [1.29, 1.82) is 0 Å². The normalized spacial score (nSPS) is 23.4. The van der Waals surface area contributed by atoms with Crippen LogP contribution < -0.4 is 5.73 Å². The van der Waals surface area contributed by atoms with E-state index in [0.29, 0.717) is 0 Å². The fourth-order valence-electron chi connectivity index (χ4n) is 1.92. The van der Waals surface area contributed by atoms with Gasteiger partial charge < -0.3 is 5.73 Å². The monoisotopic (exact) mass is 225 g/mol. The van der Waals surface area contributed by atoms with E-state index in [0.717, 1.165) is 6.42 Å². The van der Waals surface area contributed by atoms with E-state index in [1.807, 2.05) is 19.1 Å². The average molecular weight is 225 g/mol. The lowest BCUT2D eigenvalue weighted by atomic mass is 9.99. The van der Waals surface area contributed by atoms with Gasteiger partial charge in [-0.3, -0.25) is 0 Å². The molecule has 1 aliphatic rings. The molecule has 0 amide bonds. The Morgan fingerprint density at radius 3 is 2.71 bits per heavy atom. The summed E-state index contributed by atoms with van der Waals surface area (Å²) in [5, 5.41) is 0. The van der Waals surface area contributed by atoms with Crippen molar-refractivity contribution in [2.24, 2.45) is 5.73 Å². The Hall–Kier alpha value is -1.60. The van der Waals surface area contributed by atoms with E-state index >= 15 is 0 Å². The Bertz CT molecular complexity index is 490. The molecule has 0 saturated heterocycles. The number of rotatable bonds is 2. The Morgan fingerprint density at radius 1 is 1.18 bits per heavy atom. The molecule has 1 aromatic carbocycles. The summed E-state index contributed by atoms with van der Waals surface area (Å²) in [4.78, 5) is 0. The maximum absolute atomic E-state index is 6.06. The highest BCUT2D eigenvalue weighted by Gasteiger charge is 2.11. The minimum absolute atomic E-state index is 0.329. The molecule has 1 nitrogen and oxygen atoms in total. The number of hydrogen-bond acceptors (Lipinski definition) is 1. The molecule has 2 rings (SSSR count). The molecule has 0 radical (unpaired) electrons. The highest BCUT2D eigenvalue weighted by Crippen LogP contribution is 2.17. The fourth-order valence-corrected chi connectivity index (χ4v) is 1.92. The molecule has 0 spiro atoms. The lowest BCUT2D eigenvalue weighted by molar-refractivity contribution is 0.736. The van der Waals surface area contributed by atoms with Crippen LogP contribution in [-0.4, -0.2) is 5.54 Å². The predicted molar refractivity (Wildman–Crippen MR) is 73.8 cm³/mol. The first-order valence-corrected chi connectivity index (χ1v) is 5.98. The second-order valence-electron chi connectivity index (χ2n) is 4.90. The Kier molecular flexibility index (Phi) is 3.30. The third-order valence-electron chi connectivity index (χ3n) is 3.08. The number of hydrogen-bond donors (Lipinski definition) is 1. The summed E-state index contributed by atoms with van der Waals surface area (Å²) in [5.41, 5.74) is 9.73. The van der Waals surface area contributed by atoms with Crippen LogP contribution in [0.25, 0.3) is 0 Å². The van der Waals surface area contributed by atoms with Crippen molar-refractivity contribution in [3.8, 4) is 0 Å². The SMILES string of the molecule is Cc1ccccc1CC1=CC=CC(C)(N)C=C1. The zero-order chi connectivity index (χ0) is 12.3. The van der Waals surface area contributed by atoms with E-state index in [1.165, 1.54) is 16.7 Å². The van der Waals surface area contributed by atoms with Crippen LogP contribution in [0.15, 0.2) is 60.2 Å². The zero-order valence-corrected chi connectivity index (χ0v) is 10.5. The first-order valence-electron chi connectivity index (χ1n) is 5.98. The van der Waals surface area contributed by atoms with Crippen LogP contribution in [0.2, 0.25) is 0 Å². The first kappa shape index (κ1) is 11.9. The minimum atomic E-state index is -0.329. The molecule has 0 saturated carbocycles. The van der Waals surface area contributed by atoms with Crippen LogP contribution in [0.5, 0.6) is 0 Å². The van der Waals surface area contributed by atoms with Crippen molar-refractivity contribution < 1.29 is 0 Å². The van der Waals surface area contributed by atoms with Crippen molar-refractivity contribution in [2.75, 3.05) is 0 Å². The van der Waals surface area contributed by atoms with Crippen LogP contribution >= 0.6 is 0 Å². The van der Waals surface area contributed by atoms with Crippen LogP contribution in [0.4, 0.5) is 0 Å². The van der Waals surface area contributed by atoms with E-state index in [1.54, 1.807) is 0 Å². The lowest BCUT2D eigenvalue weighted by Gasteiger charge is -2.13. The van der Waals surface area contributed by atoms with Crippen molar-refractivity contribution in [1.82, 2.24) is 0 Å². The maximum atomic E-state index is 6.06. The van der Waals surface area contributed by atoms with Crippen LogP contribution in [-0.2, 0) is 6.42 Å². The van der Waals surface area contributed by atoms with Crippen molar-refractivity contribution in [2.45, 2.75) is 25.8 Å². The molecular weight excluding hydrogens is 206 g/mol. The van der Waals surface area contributed by atoms with Crippen molar-refractivity contribution >= 4 is 0 Å². The molecule has 1 atom stereocenters. The molecule has 0 heterocycles. The summed E-state index contributed by atoms with van der Waals surface area (Å²) in [5.74, 6) is 0. The van der Waals surface area contributed by atoms with Crippen LogP contribution in [0, 0.1) is 6.92 Å². The molecule has 88 valence electrons. The first-order chi connectivity index (χ1) is 8.07.